The molecule has 0 N–H and O–H groups in total. The molecule has 1 heterocycles. The van der Waals surface area contributed by atoms with Crippen molar-refractivity contribution in [1.82, 2.24) is 0 Å². The van der Waals surface area contributed by atoms with Gasteiger partial charge in [-0.05, 0) is 34.5 Å². The minimum Gasteiger partial charge on any atom is -0.269 e. The number of aryl methyl sites for hydroxylation is 1. The summed E-state index contributed by atoms with van der Waals surface area (Å²) < 4.78 is 0.302. The maximum Gasteiger partial charge on any atom is 0.272 e. The summed E-state index contributed by atoms with van der Waals surface area (Å²) in [5.41, 5.74) is 1.54. The Hall–Kier alpha value is -1.42. The Labute approximate surface area is 95.5 Å². The van der Waals surface area contributed by atoms with Crippen molar-refractivity contribution >= 4 is 33.4 Å². The molecule has 0 fully saturated rings. The van der Waals surface area contributed by atoms with Gasteiger partial charge in [-0.25, -0.2) is 4.90 Å². The van der Waals surface area contributed by atoms with Crippen LogP contribution in [0.3, 0.4) is 0 Å². The molecule has 0 saturated carbocycles. The highest BCUT2D eigenvalue weighted by molar-refractivity contribution is 9.12. The molecule has 0 bridgehead atoms. The van der Waals surface area contributed by atoms with Crippen molar-refractivity contribution < 1.29 is 9.59 Å². The molecule has 76 valence electrons. The molecule has 0 radical (unpaired) electrons. The first-order chi connectivity index (χ1) is 7.11. The molecule has 2 rings (SSSR count). The monoisotopic (exact) mass is 265 g/mol. The Balaban J connectivity index is 2.47. The van der Waals surface area contributed by atoms with Crippen molar-refractivity contribution in [2.45, 2.75) is 6.92 Å². The maximum absolute atomic E-state index is 11.7. The minimum atomic E-state index is -0.311. The van der Waals surface area contributed by atoms with E-state index >= 15 is 0 Å². The average molecular weight is 266 g/mol. The third kappa shape index (κ3) is 1.61. The number of halogens is 1. The Morgan fingerprint density at radius 2 is 1.87 bits per heavy atom. The number of amides is 2. The molecule has 1 aromatic carbocycles. The Kier molecular flexibility index (Phi) is 2.44. The molecule has 2 amide bonds. The summed E-state index contributed by atoms with van der Waals surface area (Å²) >= 11 is 3.06. The van der Waals surface area contributed by atoms with Crippen LogP contribution in [-0.4, -0.2) is 11.8 Å². The second kappa shape index (κ2) is 3.62. The van der Waals surface area contributed by atoms with Gasteiger partial charge in [-0.1, -0.05) is 18.2 Å². The predicted molar refractivity (Wildman–Crippen MR) is 60.7 cm³/mol. The summed E-state index contributed by atoms with van der Waals surface area (Å²) in [5, 5.41) is 0. The number of imide groups is 1. The van der Waals surface area contributed by atoms with Crippen LogP contribution in [-0.2, 0) is 9.59 Å². The highest BCUT2D eigenvalue weighted by atomic mass is 79.9. The Morgan fingerprint density at radius 1 is 1.20 bits per heavy atom. The van der Waals surface area contributed by atoms with Gasteiger partial charge in [0.05, 0.1) is 10.2 Å². The van der Waals surface area contributed by atoms with Crippen LogP contribution < -0.4 is 4.90 Å². The van der Waals surface area contributed by atoms with Crippen LogP contribution in [0.1, 0.15) is 5.56 Å². The number of nitrogens with zero attached hydrogens (tertiary/aromatic N) is 1. The van der Waals surface area contributed by atoms with Gasteiger partial charge >= 0.3 is 0 Å². The van der Waals surface area contributed by atoms with Crippen LogP contribution in [0.2, 0.25) is 0 Å². The van der Waals surface area contributed by atoms with E-state index in [2.05, 4.69) is 15.9 Å². The summed E-state index contributed by atoms with van der Waals surface area (Å²) in [4.78, 5) is 24.4. The largest absolute Gasteiger partial charge is 0.272 e. The molecular weight excluding hydrogens is 258 g/mol. The molecule has 0 atom stereocenters. The smallest absolute Gasteiger partial charge is 0.269 e. The van der Waals surface area contributed by atoms with Gasteiger partial charge in [-0.3, -0.25) is 9.59 Å². The van der Waals surface area contributed by atoms with E-state index < -0.39 is 0 Å². The maximum atomic E-state index is 11.7. The molecule has 1 aliphatic rings. The zero-order chi connectivity index (χ0) is 11.0. The second-order valence-electron chi connectivity index (χ2n) is 3.26. The molecule has 0 aliphatic carbocycles. The number of carbonyl (C=O) groups excluding carboxylic acids is 2. The van der Waals surface area contributed by atoms with Crippen LogP contribution in [0, 0.1) is 6.92 Å². The van der Waals surface area contributed by atoms with Gasteiger partial charge in [-0.15, -0.1) is 0 Å². The molecule has 0 aromatic heterocycles. The third-order valence-electron chi connectivity index (χ3n) is 2.23. The molecule has 3 nitrogen and oxygen atoms in total. The lowest BCUT2D eigenvalue weighted by Crippen LogP contribution is -2.30. The van der Waals surface area contributed by atoms with Crippen molar-refractivity contribution in [3.05, 3.63) is 40.4 Å². The van der Waals surface area contributed by atoms with Gasteiger partial charge in [0.15, 0.2) is 0 Å². The van der Waals surface area contributed by atoms with Gasteiger partial charge in [0.2, 0.25) is 0 Å². The van der Waals surface area contributed by atoms with Crippen molar-refractivity contribution in [2.24, 2.45) is 0 Å². The van der Waals surface area contributed by atoms with E-state index in [9.17, 15) is 9.59 Å². The number of hydrogen-bond acceptors (Lipinski definition) is 2. The lowest BCUT2D eigenvalue weighted by Gasteiger charge is -2.16. The summed E-state index contributed by atoms with van der Waals surface area (Å²) in [6.45, 7) is 1.86. The number of hydrogen-bond donors (Lipinski definition) is 0. The van der Waals surface area contributed by atoms with Crippen molar-refractivity contribution in [3.8, 4) is 0 Å². The van der Waals surface area contributed by atoms with Gasteiger partial charge in [0.25, 0.3) is 11.8 Å². The van der Waals surface area contributed by atoms with Gasteiger partial charge in [0.1, 0.15) is 0 Å². The van der Waals surface area contributed by atoms with E-state index in [4.69, 9.17) is 0 Å². The second-order valence-corrected chi connectivity index (χ2v) is 4.11. The first kappa shape index (κ1) is 10.1. The average Bonchev–Trinajstić information content (AvgIpc) is 2.43. The Bertz CT molecular complexity index is 479. The van der Waals surface area contributed by atoms with E-state index in [1.54, 1.807) is 12.1 Å². The molecule has 1 aromatic rings. The van der Waals surface area contributed by atoms with E-state index in [1.165, 1.54) is 11.0 Å². The first-order valence-electron chi connectivity index (χ1n) is 4.42. The van der Waals surface area contributed by atoms with Crippen LogP contribution in [0.15, 0.2) is 34.8 Å². The van der Waals surface area contributed by atoms with Crippen LogP contribution in [0.25, 0.3) is 0 Å². The quantitative estimate of drug-likeness (QED) is 0.730. The minimum absolute atomic E-state index is 0.302. The zero-order valence-corrected chi connectivity index (χ0v) is 9.61. The van der Waals surface area contributed by atoms with Gasteiger partial charge < -0.3 is 0 Å². The molecule has 0 spiro atoms. The lowest BCUT2D eigenvalue weighted by atomic mass is 10.2. The van der Waals surface area contributed by atoms with E-state index in [1.807, 2.05) is 19.1 Å². The van der Waals surface area contributed by atoms with Crippen LogP contribution in [0.5, 0.6) is 0 Å². The van der Waals surface area contributed by atoms with E-state index in [0.717, 1.165) is 5.56 Å². The fourth-order valence-corrected chi connectivity index (χ4v) is 1.86. The molecule has 4 heteroatoms. The normalized spacial score (nSPS) is 15.9. The fourth-order valence-electron chi connectivity index (χ4n) is 1.48. The fraction of sp³-hybridized carbons (Fsp3) is 0.0909. The molecule has 0 saturated heterocycles. The number of carbonyl (C=O) groups is 2. The first-order valence-corrected chi connectivity index (χ1v) is 5.22. The third-order valence-corrected chi connectivity index (χ3v) is 2.80. The number of benzene rings is 1. The molecule has 0 unspecified atom stereocenters. The highest BCUT2D eigenvalue weighted by Gasteiger charge is 2.31. The predicted octanol–water partition coefficient (Wildman–Crippen LogP) is 2.15. The molecule has 15 heavy (non-hydrogen) atoms. The lowest BCUT2D eigenvalue weighted by molar-refractivity contribution is -0.120. The standard InChI is InChI=1S/C11H8BrNO2/c1-7-4-2-3-5-9(7)13-10(14)6-8(12)11(13)15/h2-6H,1H3. The zero-order valence-electron chi connectivity index (χ0n) is 8.03. The summed E-state index contributed by atoms with van der Waals surface area (Å²) in [7, 11) is 0. The number of anilines is 1. The summed E-state index contributed by atoms with van der Waals surface area (Å²) in [5.74, 6) is -0.615. The SMILES string of the molecule is Cc1ccccc1N1C(=O)C=C(Br)C1=O. The summed E-state index contributed by atoms with van der Waals surface area (Å²) in [6, 6.07) is 7.29. The topological polar surface area (TPSA) is 37.4 Å². The van der Waals surface area contributed by atoms with Crippen molar-refractivity contribution in [1.29, 1.82) is 0 Å². The highest BCUT2D eigenvalue weighted by Crippen LogP contribution is 2.27. The van der Waals surface area contributed by atoms with Crippen LogP contribution in [0.4, 0.5) is 5.69 Å². The van der Waals surface area contributed by atoms with E-state index in [0.29, 0.717) is 10.2 Å². The molecule has 1 aliphatic heterocycles. The summed E-state index contributed by atoms with van der Waals surface area (Å²) in [6.07, 6.45) is 1.29. The Morgan fingerprint density at radius 3 is 2.40 bits per heavy atom. The van der Waals surface area contributed by atoms with E-state index in [-0.39, 0.29) is 11.8 Å². The van der Waals surface area contributed by atoms with Crippen molar-refractivity contribution in [3.63, 3.8) is 0 Å². The van der Waals surface area contributed by atoms with Gasteiger partial charge in [0, 0.05) is 6.08 Å². The van der Waals surface area contributed by atoms with Crippen LogP contribution >= 0.6 is 15.9 Å². The number of para-hydroxylation sites is 1. The molecular formula is C11H8BrNO2. The number of rotatable bonds is 1. The van der Waals surface area contributed by atoms with Crippen molar-refractivity contribution in [2.75, 3.05) is 4.90 Å². The van der Waals surface area contributed by atoms with Gasteiger partial charge in [-0.2, -0.15) is 0 Å².